The number of nitrogens with one attached hydrogen (secondary N) is 1. The van der Waals surface area contributed by atoms with Gasteiger partial charge < -0.3 is 19.4 Å². The van der Waals surface area contributed by atoms with Crippen molar-refractivity contribution >= 4 is 0 Å². The zero-order chi connectivity index (χ0) is 14.9. The van der Waals surface area contributed by atoms with Crippen LogP contribution in [0, 0.1) is 0 Å². The molecule has 0 radical (unpaired) electrons. The number of rotatable bonds is 9. The minimum atomic E-state index is 0.548. The zero-order valence-electron chi connectivity index (χ0n) is 13.6. The summed E-state index contributed by atoms with van der Waals surface area (Å²) in [6, 6.07) is 0.548. The molecule has 1 aromatic heterocycles. The number of fused-ring (bicyclic) bond motifs is 1. The van der Waals surface area contributed by atoms with Crippen LogP contribution in [-0.4, -0.2) is 38.0 Å². The van der Waals surface area contributed by atoms with Gasteiger partial charge in [0, 0.05) is 38.7 Å². The van der Waals surface area contributed by atoms with Gasteiger partial charge in [-0.05, 0) is 43.4 Å². The van der Waals surface area contributed by atoms with Crippen LogP contribution in [0.4, 0.5) is 0 Å². The predicted octanol–water partition coefficient (Wildman–Crippen LogP) is 2.92. The van der Waals surface area contributed by atoms with E-state index in [2.05, 4.69) is 29.2 Å². The molecule has 1 aromatic rings. The average Bonchev–Trinajstić information content (AvgIpc) is 2.80. The summed E-state index contributed by atoms with van der Waals surface area (Å²) in [6.45, 7) is 6.46. The van der Waals surface area contributed by atoms with Gasteiger partial charge in [0.25, 0.3) is 0 Å². The molecule has 0 aliphatic heterocycles. The van der Waals surface area contributed by atoms with E-state index < -0.39 is 0 Å². The molecular formula is C17H30N2O2. The minimum absolute atomic E-state index is 0.548. The third kappa shape index (κ3) is 5.13. The highest BCUT2D eigenvalue weighted by Gasteiger charge is 2.19. The van der Waals surface area contributed by atoms with E-state index in [1.54, 1.807) is 12.7 Å². The van der Waals surface area contributed by atoms with Crippen LogP contribution in [0.25, 0.3) is 0 Å². The third-order valence-corrected chi connectivity index (χ3v) is 4.15. The van der Waals surface area contributed by atoms with Crippen molar-refractivity contribution in [1.82, 2.24) is 9.88 Å². The maximum Gasteiger partial charge on any atom is 0.0700 e. The second-order valence-corrected chi connectivity index (χ2v) is 5.79. The van der Waals surface area contributed by atoms with E-state index in [1.165, 1.54) is 31.2 Å². The van der Waals surface area contributed by atoms with Gasteiger partial charge in [0.15, 0.2) is 0 Å². The summed E-state index contributed by atoms with van der Waals surface area (Å²) in [5.74, 6) is 0. The first-order valence-electron chi connectivity index (χ1n) is 8.33. The van der Waals surface area contributed by atoms with Gasteiger partial charge in [0.1, 0.15) is 0 Å². The minimum Gasteiger partial charge on any atom is -0.382 e. The molecule has 0 fully saturated rings. The van der Waals surface area contributed by atoms with Crippen LogP contribution < -0.4 is 5.32 Å². The van der Waals surface area contributed by atoms with Crippen LogP contribution in [-0.2, 0) is 22.4 Å². The summed E-state index contributed by atoms with van der Waals surface area (Å²) in [5, 5.41) is 3.63. The van der Waals surface area contributed by atoms with E-state index in [0.717, 1.165) is 26.1 Å². The molecule has 1 unspecified atom stereocenters. The van der Waals surface area contributed by atoms with Crippen LogP contribution >= 0.6 is 0 Å². The monoisotopic (exact) mass is 294 g/mol. The Morgan fingerprint density at radius 2 is 2.14 bits per heavy atom. The van der Waals surface area contributed by atoms with Crippen molar-refractivity contribution in [2.45, 2.75) is 51.6 Å². The van der Waals surface area contributed by atoms with Crippen molar-refractivity contribution in [3.05, 3.63) is 23.5 Å². The quantitative estimate of drug-likeness (QED) is 0.562. The van der Waals surface area contributed by atoms with Crippen LogP contribution in [0.1, 0.15) is 49.8 Å². The van der Waals surface area contributed by atoms with Gasteiger partial charge in [-0.2, -0.15) is 0 Å². The molecule has 1 aliphatic rings. The SMILES string of the molecule is CCNC1CCCCc2cn(CCCOCCOC)cc21. The molecule has 120 valence electrons. The van der Waals surface area contributed by atoms with E-state index in [9.17, 15) is 0 Å². The van der Waals surface area contributed by atoms with E-state index in [-0.39, 0.29) is 0 Å². The number of aromatic nitrogens is 1. The van der Waals surface area contributed by atoms with Gasteiger partial charge in [0.05, 0.1) is 13.2 Å². The predicted molar refractivity (Wildman–Crippen MR) is 85.7 cm³/mol. The summed E-state index contributed by atoms with van der Waals surface area (Å²) in [7, 11) is 1.71. The Kier molecular flexibility index (Phi) is 7.27. The number of hydrogen-bond donors (Lipinski definition) is 1. The molecule has 0 saturated heterocycles. The van der Waals surface area contributed by atoms with E-state index in [0.29, 0.717) is 19.3 Å². The molecule has 1 heterocycles. The van der Waals surface area contributed by atoms with E-state index in [1.807, 2.05) is 0 Å². The normalized spacial score (nSPS) is 18.5. The Hall–Kier alpha value is -0.840. The molecular weight excluding hydrogens is 264 g/mol. The number of methoxy groups -OCH3 is 1. The largest absolute Gasteiger partial charge is 0.382 e. The maximum absolute atomic E-state index is 5.53. The lowest BCUT2D eigenvalue weighted by molar-refractivity contribution is 0.0680. The Morgan fingerprint density at radius 3 is 2.95 bits per heavy atom. The second-order valence-electron chi connectivity index (χ2n) is 5.79. The van der Waals surface area contributed by atoms with Gasteiger partial charge in [-0.15, -0.1) is 0 Å². The van der Waals surface area contributed by atoms with Crippen molar-refractivity contribution in [2.75, 3.05) is 33.5 Å². The molecule has 4 nitrogen and oxygen atoms in total. The van der Waals surface area contributed by atoms with Crippen molar-refractivity contribution in [3.8, 4) is 0 Å². The number of ether oxygens (including phenoxy) is 2. The Labute approximate surface area is 128 Å². The molecule has 0 saturated carbocycles. The summed E-state index contributed by atoms with van der Waals surface area (Å²) >= 11 is 0. The van der Waals surface area contributed by atoms with Gasteiger partial charge in [-0.25, -0.2) is 0 Å². The fourth-order valence-electron chi connectivity index (χ4n) is 3.10. The molecule has 1 N–H and O–H groups in total. The zero-order valence-corrected chi connectivity index (χ0v) is 13.6. The average molecular weight is 294 g/mol. The third-order valence-electron chi connectivity index (χ3n) is 4.15. The lowest BCUT2D eigenvalue weighted by Crippen LogP contribution is -2.20. The fourth-order valence-corrected chi connectivity index (χ4v) is 3.10. The van der Waals surface area contributed by atoms with Crippen molar-refractivity contribution in [1.29, 1.82) is 0 Å². The van der Waals surface area contributed by atoms with Gasteiger partial charge in [-0.3, -0.25) is 0 Å². The van der Waals surface area contributed by atoms with Crippen LogP contribution in [0.5, 0.6) is 0 Å². The molecule has 0 aromatic carbocycles. The highest BCUT2D eigenvalue weighted by Crippen LogP contribution is 2.29. The first-order chi connectivity index (χ1) is 10.3. The molecule has 2 rings (SSSR count). The van der Waals surface area contributed by atoms with Gasteiger partial charge >= 0.3 is 0 Å². The number of nitrogens with zero attached hydrogens (tertiary/aromatic N) is 1. The Bertz CT molecular complexity index is 403. The van der Waals surface area contributed by atoms with E-state index in [4.69, 9.17) is 9.47 Å². The van der Waals surface area contributed by atoms with E-state index >= 15 is 0 Å². The van der Waals surface area contributed by atoms with Gasteiger partial charge in [-0.1, -0.05) is 13.3 Å². The first kappa shape index (κ1) is 16.5. The molecule has 0 amide bonds. The lowest BCUT2D eigenvalue weighted by Gasteiger charge is -2.15. The Morgan fingerprint density at radius 1 is 1.24 bits per heavy atom. The highest BCUT2D eigenvalue weighted by molar-refractivity contribution is 5.29. The van der Waals surface area contributed by atoms with Gasteiger partial charge in [0.2, 0.25) is 0 Å². The second kappa shape index (κ2) is 9.23. The summed E-state index contributed by atoms with van der Waals surface area (Å²) in [4.78, 5) is 0. The van der Waals surface area contributed by atoms with Crippen LogP contribution in [0.3, 0.4) is 0 Å². The summed E-state index contributed by atoms with van der Waals surface area (Å²) in [5.41, 5.74) is 3.06. The Balaban J connectivity index is 1.83. The molecule has 0 spiro atoms. The highest BCUT2D eigenvalue weighted by atomic mass is 16.5. The summed E-state index contributed by atoms with van der Waals surface area (Å²) < 4.78 is 12.8. The molecule has 4 heteroatoms. The number of hydrogen-bond acceptors (Lipinski definition) is 3. The fraction of sp³-hybridized carbons (Fsp3) is 0.765. The maximum atomic E-state index is 5.53. The summed E-state index contributed by atoms with van der Waals surface area (Å²) in [6.07, 6.45) is 10.9. The lowest BCUT2D eigenvalue weighted by atomic mass is 10.0. The van der Waals surface area contributed by atoms with Crippen molar-refractivity contribution < 1.29 is 9.47 Å². The van der Waals surface area contributed by atoms with Crippen LogP contribution in [0.15, 0.2) is 12.4 Å². The standard InChI is InChI=1S/C17H30N2O2/c1-3-18-17-8-5-4-7-15-13-19(14-16(15)17)9-6-10-21-12-11-20-2/h13-14,17-18H,3-12H2,1-2H3. The molecule has 1 aliphatic carbocycles. The first-order valence-corrected chi connectivity index (χ1v) is 8.33. The molecule has 1 atom stereocenters. The molecule has 0 bridgehead atoms. The van der Waals surface area contributed by atoms with Crippen molar-refractivity contribution in [2.24, 2.45) is 0 Å². The topological polar surface area (TPSA) is 35.4 Å². The van der Waals surface area contributed by atoms with Crippen molar-refractivity contribution in [3.63, 3.8) is 0 Å². The van der Waals surface area contributed by atoms with Crippen LogP contribution in [0.2, 0.25) is 0 Å². The smallest absolute Gasteiger partial charge is 0.0700 e. The number of aryl methyl sites for hydroxylation is 2. The molecule has 21 heavy (non-hydrogen) atoms.